The average molecular weight is 400 g/mol. The summed E-state index contributed by atoms with van der Waals surface area (Å²) in [4.78, 5) is 0. The van der Waals surface area contributed by atoms with E-state index < -0.39 is 0 Å². The molecule has 0 saturated heterocycles. The second-order valence-corrected chi connectivity index (χ2v) is 2.44. The predicted octanol–water partition coefficient (Wildman–Crippen LogP) is 2.84. The normalized spacial score (nSPS) is 8.82. The number of hydrogen-bond donors (Lipinski definition) is 0. The van der Waals surface area contributed by atoms with E-state index in [1.165, 1.54) is 18.4 Å². The Morgan fingerprint density at radius 3 is 2.27 bits per heavy atom. The van der Waals surface area contributed by atoms with Crippen LogP contribution in [0.4, 0.5) is 0 Å². The Hall–Kier alpha value is -1.78. The van der Waals surface area contributed by atoms with Gasteiger partial charge in [0.25, 0.3) is 0 Å². The Labute approximate surface area is 62.9 Å². The first kappa shape index (κ1) is 9.22. The molecule has 0 fully saturated rings. The third kappa shape index (κ3) is 3.04. The van der Waals surface area contributed by atoms with E-state index in [2.05, 4.69) is 31.2 Å². The van der Waals surface area contributed by atoms with Crippen LogP contribution < -0.4 is 0 Å². The molecule has 0 saturated carbocycles. The molecular formula is C10H13Rf-. The Morgan fingerprint density at radius 2 is 1.73 bits per heavy atom. The summed E-state index contributed by atoms with van der Waals surface area (Å²) in [5.74, 6) is 0. The van der Waals surface area contributed by atoms with Crippen molar-refractivity contribution in [2.24, 2.45) is 0 Å². The van der Waals surface area contributed by atoms with E-state index >= 15 is 0 Å². The Morgan fingerprint density at radius 1 is 1.09 bits per heavy atom. The molecule has 0 heterocycles. The van der Waals surface area contributed by atoms with Crippen LogP contribution in [0.25, 0.3) is 0 Å². The van der Waals surface area contributed by atoms with Gasteiger partial charge < -0.3 is 6.92 Å². The van der Waals surface area contributed by atoms with Crippen LogP contribution in [0, 0.1) is 6.92 Å². The fourth-order valence-corrected chi connectivity index (χ4v) is 0.974. The number of benzene rings is 1. The summed E-state index contributed by atoms with van der Waals surface area (Å²) < 4.78 is 0. The van der Waals surface area contributed by atoms with Crippen LogP contribution in [-0.2, 0) is 6.42 Å². The van der Waals surface area contributed by atoms with Crippen molar-refractivity contribution in [3.05, 3.63) is 42.8 Å². The van der Waals surface area contributed by atoms with Gasteiger partial charge in [0.05, 0.1) is 0 Å². The quantitative estimate of drug-likeness (QED) is 0.685. The summed E-state index contributed by atoms with van der Waals surface area (Å²) >= 11 is 0. The fraction of sp³-hybridized carbons (Fsp3) is 0.300. The molecule has 0 nitrogen and oxygen atoms in total. The molecule has 1 rings (SSSR count). The molecule has 56 valence electrons. The van der Waals surface area contributed by atoms with E-state index in [9.17, 15) is 0 Å². The summed E-state index contributed by atoms with van der Waals surface area (Å²) in [6.45, 7) is 3.80. The van der Waals surface area contributed by atoms with Crippen LogP contribution in [0.2, 0.25) is 0 Å². The second kappa shape index (κ2) is 5.04. The van der Waals surface area contributed by atoms with Gasteiger partial charge in [-0.25, -0.2) is 0 Å². The topological polar surface area (TPSA) is 0 Å². The molecule has 1 aromatic rings. The first-order valence-electron chi connectivity index (χ1n) is 3.76. The number of aryl methyl sites for hydroxylation is 1. The Bertz CT molecular complexity index is 169. The van der Waals surface area contributed by atoms with Gasteiger partial charge in [-0.1, -0.05) is 36.8 Å². The zero-order chi connectivity index (χ0) is 7.23. The van der Waals surface area contributed by atoms with Crippen LogP contribution in [0.1, 0.15) is 18.4 Å². The third-order valence-electron chi connectivity index (χ3n) is 1.56. The molecule has 1 aromatic carbocycles. The summed E-state index contributed by atoms with van der Waals surface area (Å²) in [6, 6.07) is 10.5. The van der Waals surface area contributed by atoms with Gasteiger partial charge in [-0.3, -0.25) is 0 Å². The van der Waals surface area contributed by atoms with Crippen molar-refractivity contribution in [1.29, 1.82) is 0 Å². The maximum absolute atomic E-state index is 3.80. The van der Waals surface area contributed by atoms with E-state index in [1.54, 1.807) is 0 Å². The van der Waals surface area contributed by atoms with Crippen molar-refractivity contribution in [1.82, 2.24) is 0 Å². The van der Waals surface area contributed by atoms with Crippen LogP contribution in [0.15, 0.2) is 30.3 Å². The van der Waals surface area contributed by atoms with E-state index in [1.807, 2.05) is 6.07 Å². The zero-order valence-corrected chi connectivity index (χ0v) is 13.3. The van der Waals surface area contributed by atoms with Gasteiger partial charge in [-0.2, -0.15) is 6.42 Å². The van der Waals surface area contributed by atoms with Crippen molar-refractivity contribution >= 4 is 0 Å². The summed E-state index contributed by atoms with van der Waals surface area (Å²) in [5.41, 5.74) is 1.42. The van der Waals surface area contributed by atoms with Crippen molar-refractivity contribution < 1.29 is 0 Å². The molecule has 0 amide bonds. The van der Waals surface area contributed by atoms with Gasteiger partial charge in [0.2, 0.25) is 0 Å². The third-order valence-corrected chi connectivity index (χ3v) is 1.56. The molecule has 0 unspecified atom stereocenters. The maximum atomic E-state index is 3.80. The Kier molecular flexibility index (Phi) is 4.22. The molecule has 11 heavy (non-hydrogen) atoms. The SMILES string of the molecule is [CH2-]CCCc1ccccc1.[Rf]. The molecule has 0 aliphatic rings. The van der Waals surface area contributed by atoms with Gasteiger partial charge in [0, 0.05) is 0 Å². The molecular weight excluding hydrogens is 387 g/mol. The Balaban J connectivity index is 0.000001000. The summed E-state index contributed by atoms with van der Waals surface area (Å²) in [7, 11) is 0. The van der Waals surface area contributed by atoms with Crippen LogP contribution in [0.5, 0.6) is 0 Å². The smallest absolute Gasteiger partial charge is 0 e. The first-order chi connectivity index (χ1) is 4.93. The maximum Gasteiger partial charge on any atom is 0 e. The standard InChI is InChI=1S/C10H13.Rf/c1-2-3-7-10-8-5-4-6-9-10;/h4-6,8-9H,1-3,7H2;/q-1;. The molecule has 0 radical (unpaired) electrons. The van der Waals surface area contributed by atoms with E-state index in [0.717, 1.165) is 6.42 Å². The van der Waals surface area contributed by atoms with E-state index in [0.29, 0.717) is 0 Å². The molecule has 0 aromatic heterocycles. The van der Waals surface area contributed by atoms with Crippen molar-refractivity contribution in [2.45, 2.75) is 19.3 Å². The molecule has 0 bridgehead atoms. The van der Waals surface area contributed by atoms with Gasteiger partial charge in [0.15, 0.2) is 0 Å². The van der Waals surface area contributed by atoms with Crippen LogP contribution in [-0.4, -0.2) is 0 Å². The summed E-state index contributed by atoms with van der Waals surface area (Å²) in [6.07, 6.45) is 3.41. The molecule has 1 heteroatoms. The largest absolute Gasteiger partial charge is 0.343 e. The van der Waals surface area contributed by atoms with Gasteiger partial charge >= 0.3 is 0 Å². The average Bonchev–Trinajstić information content (AvgIpc) is 2.03. The number of rotatable bonds is 3. The van der Waals surface area contributed by atoms with Crippen molar-refractivity contribution in [2.75, 3.05) is 0 Å². The van der Waals surface area contributed by atoms with Gasteiger partial charge in [-0.05, 0) is 12.0 Å². The molecule has 0 aliphatic carbocycles. The van der Waals surface area contributed by atoms with Gasteiger partial charge in [-0.15, -0.1) is 0 Å². The minimum absolute atomic E-state index is 0. The predicted molar refractivity (Wildman–Crippen MR) is 44.7 cm³/mol. The molecule has 0 atom stereocenters. The van der Waals surface area contributed by atoms with E-state index in [-0.39, 0.29) is 0 Å². The minimum atomic E-state index is 0. The summed E-state index contributed by atoms with van der Waals surface area (Å²) in [5, 5.41) is 0. The molecule has 0 spiro atoms. The van der Waals surface area contributed by atoms with Crippen molar-refractivity contribution in [3.8, 4) is 0 Å². The van der Waals surface area contributed by atoms with Crippen molar-refractivity contribution in [3.63, 3.8) is 0 Å². The minimum Gasteiger partial charge on any atom is -0.343 e. The van der Waals surface area contributed by atoms with Crippen LogP contribution in [0.3, 0.4) is 0 Å². The second-order valence-electron chi connectivity index (χ2n) is 2.44. The molecule has 0 N–H and O–H groups in total. The zero-order valence-electron chi connectivity index (χ0n) is 6.92. The number of unbranched alkanes of at least 4 members (excludes halogenated alkanes) is 1. The molecule has 0 aliphatic heterocycles. The van der Waals surface area contributed by atoms with E-state index in [4.69, 9.17) is 0 Å². The number of hydrogen-bond acceptors (Lipinski definition) is 0. The van der Waals surface area contributed by atoms with Crippen LogP contribution >= 0.6 is 0 Å². The van der Waals surface area contributed by atoms with Gasteiger partial charge in [0.1, 0.15) is 0 Å². The first-order valence-corrected chi connectivity index (χ1v) is 3.76. The fourth-order valence-electron chi connectivity index (χ4n) is 0.974. The monoisotopic (exact) mass is 400 g/mol.